The number of carbonyl (C=O) groups is 2. The Morgan fingerprint density at radius 2 is 0.658 bits per heavy atom. The molecule has 0 heterocycles. The molecule has 0 aromatic heterocycles. The number of allylic oxidation sites excluding steroid dienone is 4. The second kappa shape index (κ2) is 65.6. The molecule has 76 heavy (non-hydrogen) atoms. The Hall–Kier alpha value is -1.92. The van der Waals surface area contributed by atoms with Crippen LogP contribution in [0.2, 0.25) is 0 Å². The lowest BCUT2D eigenvalue weighted by molar-refractivity contribution is -0.143. The standard InChI is InChI=1S/C70H133NO5/c1-3-5-7-9-11-13-15-17-18-19-20-21-22-23-24-26-29-32-35-39-42-46-50-54-58-62-68(73)67(66-72)71-69(74)63-59-55-51-47-43-40-36-33-30-27-25-28-31-34-37-41-45-49-53-57-61-65-76-70(75)64-60-56-52-48-44-38-16-14-12-10-8-6-4-2/h41,45,53,57-58,62,67-68,72-73H,3-40,42-44,46-52,54-56,59-61,63-66H2,1-2H3,(H,71,74)/b45-41-,57-53-,62-58+. The van der Waals surface area contributed by atoms with Crippen LogP contribution in [-0.2, 0) is 14.3 Å². The first-order valence-electron chi connectivity index (χ1n) is 34.3. The van der Waals surface area contributed by atoms with Gasteiger partial charge < -0.3 is 20.3 Å². The van der Waals surface area contributed by atoms with Crippen molar-refractivity contribution in [3.05, 3.63) is 36.5 Å². The van der Waals surface area contributed by atoms with Crippen molar-refractivity contribution < 1.29 is 24.5 Å². The highest BCUT2D eigenvalue weighted by Gasteiger charge is 2.18. The molecular formula is C70H133NO5. The van der Waals surface area contributed by atoms with E-state index in [1.165, 1.54) is 295 Å². The van der Waals surface area contributed by atoms with Crippen molar-refractivity contribution in [3.8, 4) is 0 Å². The summed E-state index contributed by atoms with van der Waals surface area (Å²) in [5, 5.41) is 23.3. The van der Waals surface area contributed by atoms with E-state index in [2.05, 4.69) is 43.5 Å². The topological polar surface area (TPSA) is 95.9 Å². The first-order chi connectivity index (χ1) is 37.5. The summed E-state index contributed by atoms with van der Waals surface area (Å²) in [7, 11) is 0. The van der Waals surface area contributed by atoms with Gasteiger partial charge in [-0.1, -0.05) is 346 Å². The zero-order valence-corrected chi connectivity index (χ0v) is 51.3. The highest BCUT2D eigenvalue weighted by molar-refractivity contribution is 5.76. The molecule has 3 N–H and O–H groups in total. The molecule has 2 unspecified atom stereocenters. The fraction of sp³-hybridized carbons (Fsp3) is 0.886. The van der Waals surface area contributed by atoms with Gasteiger partial charge in [-0.05, 0) is 51.4 Å². The zero-order chi connectivity index (χ0) is 55.0. The predicted molar refractivity (Wildman–Crippen MR) is 333 cm³/mol. The van der Waals surface area contributed by atoms with Gasteiger partial charge in [-0.15, -0.1) is 0 Å². The van der Waals surface area contributed by atoms with Crippen molar-refractivity contribution in [3.63, 3.8) is 0 Å². The van der Waals surface area contributed by atoms with Crippen molar-refractivity contribution in [1.29, 1.82) is 0 Å². The number of rotatable bonds is 64. The number of aliphatic hydroxyl groups is 2. The van der Waals surface area contributed by atoms with Crippen LogP contribution in [0, 0.1) is 0 Å². The van der Waals surface area contributed by atoms with Crippen LogP contribution in [0.3, 0.4) is 0 Å². The second-order valence-electron chi connectivity index (χ2n) is 23.5. The van der Waals surface area contributed by atoms with Crippen molar-refractivity contribution in [1.82, 2.24) is 5.32 Å². The van der Waals surface area contributed by atoms with Gasteiger partial charge in [0.15, 0.2) is 0 Å². The SMILES string of the molecule is CCCCCCCCCCCCCCCCCCCCCCCCC/C=C/C(O)C(CO)NC(=O)CCCCCCCCCCCCCCCC/C=C\C/C=C\CCOC(=O)CCCCCCCCCCCCCCC. The highest BCUT2D eigenvalue weighted by atomic mass is 16.5. The van der Waals surface area contributed by atoms with Crippen LogP contribution in [0.15, 0.2) is 36.5 Å². The van der Waals surface area contributed by atoms with E-state index >= 15 is 0 Å². The fourth-order valence-electron chi connectivity index (χ4n) is 10.7. The molecule has 0 radical (unpaired) electrons. The Kier molecular flexibility index (Phi) is 63.9. The van der Waals surface area contributed by atoms with Crippen LogP contribution >= 0.6 is 0 Å². The Morgan fingerprint density at radius 3 is 1.00 bits per heavy atom. The predicted octanol–water partition coefficient (Wildman–Crippen LogP) is 21.9. The first kappa shape index (κ1) is 74.1. The summed E-state index contributed by atoms with van der Waals surface area (Å²) in [5.74, 6) is -0.103. The third kappa shape index (κ3) is 61.3. The highest BCUT2D eigenvalue weighted by Crippen LogP contribution is 2.18. The molecule has 0 aliphatic rings. The average molecular weight is 1070 g/mol. The summed E-state index contributed by atoms with van der Waals surface area (Å²) in [5.41, 5.74) is 0. The van der Waals surface area contributed by atoms with Crippen LogP contribution in [0.25, 0.3) is 0 Å². The minimum atomic E-state index is -0.850. The molecule has 448 valence electrons. The lowest BCUT2D eigenvalue weighted by Gasteiger charge is -2.20. The number of ether oxygens (including phenoxy) is 1. The molecular weight excluding hydrogens is 935 g/mol. The molecule has 6 nitrogen and oxygen atoms in total. The van der Waals surface area contributed by atoms with Gasteiger partial charge in [0.1, 0.15) is 0 Å². The summed E-state index contributed by atoms with van der Waals surface area (Å²) in [6.45, 7) is 4.83. The fourth-order valence-corrected chi connectivity index (χ4v) is 10.7. The second-order valence-corrected chi connectivity index (χ2v) is 23.5. The van der Waals surface area contributed by atoms with Gasteiger partial charge in [0, 0.05) is 12.8 Å². The number of aliphatic hydroxyl groups excluding tert-OH is 2. The smallest absolute Gasteiger partial charge is 0.305 e. The summed E-state index contributed by atoms with van der Waals surface area (Å²) >= 11 is 0. The average Bonchev–Trinajstić information content (AvgIpc) is 3.42. The number of carbonyl (C=O) groups excluding carboxylic acids is 2. The maximum Gasteiger partial charge on any atom is 0.305 e. The minimum absolute atomic E-state index is 0.0338. The van der Waals surface area contributed by atoms with Gasteiger partial charge in [0.05, 0.1) is 25.4 Å². The van der Waals surface area contributed by atoms with E-state index in [1.807, 2.05) is 6.08 Å². The Bertz CT molecular complexity index is 1230. The molecule has 0 bridgehead atoms. The maximum atomic E-state index is 12.5. The van der Waals surface area contributed by atoms with E-state index in [0.29, 0.717) is 19.4 Å². The van der Waals surface area contributed by atoms with Crippen LogP contribution in [-0.4, -0.2) is 47.4 Å². The van der Waals surface area contributed by atoms with Gasteiger partial charge in [0.2, 0.25) is 5.91 Å². The van der Waals surface area contributed by atoms with Crippen LogP contribution in [0.1, 0.15) is 373 Å². The maximum absolute atomic E-state index is 12.5. The molecule has 0 aromatic carbocycles. The first-order valence-corrected chi connectivity index (χ1v) is 34.3. The molecule has 6 heteroatoms. The number of amides is 1. The quantitative estimate of drug-likeness (QED) is 0.0320. The Morgan fingerprint density at radius 1 is 0.368 bits per heavy atom. The largest absolute Gasteiger partial charge is 0.465 e. The van der Waals surface area contributed by atoms with Crippen molar-refractivity contribution in [2.75, 3.05) is 13.2 Å². The number of unbranched alkanes of at least 4 members (excludes halogenated alkanes) is 49. The van der Waals surface area contributed by atoms with E-state index in [0.717, 1.165) is 51.4 Å². The molecule has 0 aliphatic carbocycles. The third-order valence-electron chi connectivity index (χ3n) is 15.9. The van der Waals surface area contributed by atoms with Crippen LogP contribution in [0.5, 0.6) is 0 Å². The molecule has 1 amide bonds. The molecule has 0 rings (SSSR count). The summed E-state index contributed by atoms with van der Waals surface area (Å²) < 4.78 is 5.42. The van der Waals surface area contributed by atoms with E-state index in [9.17, 15) is 19.8 Å². The van der Waals surface area contributed by atoms with Crippen molar-refractivity contribution in [2.24, 2.45) is 0 Å². The number of esters is 1. The zero-order valence-electron chi connectivity index (χ0n) is 51.3. The van der Waals surface area contributed by atoms with Crippen LogP contribution in [0.4, 0.5) is 0 Å². The Balaban J connectivity index is 3.47. The molecule has 0 fully saturated rings. The molecule has 0 aliphatic heterocycles. The van der Waals surface area contributed by atoms with Gasteiger partial charge in [-0.25, -0.2) is 0 Å². The van der Waals surface area contributed by atoms with E-state index in [-0.39, 0.29) is 18.5 Å². The normalized spacial score (nSPS) is 12.7. The third-order valence-corrected chi connectivity index (χ3v) is 15.9. The van der Waals surface area contributed by atoms with Crippen molar-refractivity contribution in [2.45, 2.75) is 386 Å². The van der Waals surface area contributed by atoms with Gasteiger partial charge in [-0.2, -0.15) is 0 Å². The van der Waals surface area contributed by atoms with Crippen LogP contribution < -0.4 is 5.32 Å². The Labute approximate surface area is 474 Å². The summed E-state index contributed by atoms with van der Waals surface area (Å²) in [6, 6.07) is -0.633. The molecule has 0 aromatic rings. The van der Waals surface area contributed by atoms with E-state index in [1.54, 1.807) is 6.08 Å². The van der Waals surface area contributed by atoms with Gasteiger partial charge >= 0.3 is 5.97 Å². The minimum Gasteiger partial charge on any atom is -0.465 e. The number of hydrogen-bond acceptors (Lipinski definition) is 5. The summed E-state index contributed by atoms with van der Waals surface area (Å²) in [4.78, 5) is 24.5. The summed E-state index contributed by atoms with van der Waals surface area (Å²) in [6.07, 6.45) is 83.7. The monoisotopic (exact) mass is 1070 g/mol. The molecule has 0 saturated carbocycles. The lowest BCUT2D eigenvalue weighted by Crippen LogP contribution is -2.45. The molecule has 0 saturated heterocycles. The molecule has 0 spiro atoms. The molecule has 2 atom stereocenters. The lowest BCUT2D eigenvalue weighted by atomic mass is 10.0. The van der Waals surface area contributed by atoms with Crippen molar-refractivity contribution >= 4 is 11.9 Å². The number of hydrogen-bond donors (Lipinski definition) is 3. The van der Waals surface area contributed by atoms with Gasteiger partial charge in [-0.3, -0.25) is 9.59 Å². The van der Waals surface area contributed by atoms with E-state index < -0.39 is 12.1 Å². The van der Waals surface area contributed by atoms with E-state index in [4.69, 9.17) is 4.74 Å². The van der Waals surface area contributed by atoms with Gasteiger partial charge in [0.25, 0.3) is 0 Å². The number of nitrogens with one attached hydrogen (secondary N) is 1.